The van der Waals surface area contributed by atoms with Crippen molar-refractivity contribution in [3.8, 4) is 0 Å². The Hall–Kier alpha value is -0.310. The van der Waals surface area contributed by atoms with Gasteiger partial charge in [-0.05, 0) is 5.92 Å². The lowest BCUT2D eigenvalue weighted by molar-refractivity contribution is 0.517. The summed E-state index contributed by atoms with van der Waals surface area (Å²) < 4.78 is 2.23. The maximum atomic E-state index is 4.27. The third kappa shape index (κ3) is 2.34. The van der Waals surface area contributed by atoms with Crippen LogP contribution in [0, 0.1) is 5.92 Å². The molecular formula is C9H15BrN2. The van der Waals surface area contributed by atoms with Crippen molar-refractivity contribution in [2.45, 2.75) is 26.8 Å². The van der Waals surface area contributed by atoms with E-state index in [0.717, 1.165) is 18.3 Å². The molecule has 1 aromatic heterocycles. The van der Waals surface area contributed by atoms with Gasteiger partial charge in [0, 0.05) is 30.7 Å². The highest BCUT2D eigenvalue weighted by Gasteiger charge is 2.04. The molecule has 0 bridgehead atoms. The molecule has 12 heavy (non-hydrogen) atoms. The Labute approximate surface area is 82.1 Å². The van der Waals surface area contributed by atoms with Crippen LogP contribution in [0.3, 0.4) is 0 Å². The van der Waals surface area contributed by atoms with Gasteiger partial charge in [-0.25, -0.2) is 4.98 Å². The Morgan fingerprint density at radius 3 is 3.00 bits per heavy atom. The number of imidazole rings is 1. The zero-order valence-electron chi connectivity index (χ0n) is 7.63. The third-order valence-corrected chi connectivity index (χ3v) is 3.00. The number of aryl methyl sites for hydroxylation is 1. The number of rotatable bonds is 4. The standard InChI is InChI=1S/C9H15BrN2/c1-3-9-11-4-5-12(9)7-8(2)6-10/h4-5,8H,3,6-7H2,1-2H3. The van der Waals surface area contributed by atoms with Crippen LogP contribution in [0.1, 0.15) is 19.7 Å². The van der Waals surface area contributed by atoms with Crippen molar-refractivity contribution in [3.63, 3.8) is 0 Å². The molecule has 0 aliphatic heterocycles. The quantitative estimate of drug-likeness (QED) is 0.728. The fraction of sp³-hybridized carbons (Fsp3) is 0.667. The molecule has 1 heterocycles. The average Bonchev–Trinajstić information content (AvgIpc) is 2.51. The number of halogens is 1. The van der Waals surface area contributed by atoms with Crippen molar-refractivity contribution < 1.29 is 0 Å². The minimum Gasteiger partial charge on any atom is -0.335 e. The largest absolute Gasteiger partial charge is 0.335 e. The van der Waals surface area contributed by atoms with Gasteiger partial charge in [-0.2, -0.15) is 0 Å². The minimum atomic E-state index is 0.671. The van der Waals surface area contributed by atoms with Gasteiger partial charge >= 0.3 is 0 Å². The van der Waals surface area contributed by atoms with Crippen molar-refractivity contribution in [2.75, 3.05) is 5.33 Å². The van der Waals surface area contributed by atoms with Crippen molar-refractivity contribution >= 4 is 15.9 Å². The smallest absolute Gasteiger partial charge is 0.108 e. The summed E-state index contributed by atoms with van der Waals surface area (Å²) >= 11 is 3.47. The number of hydrogen-bond acceptors (Lipinski definition) is 1. The molecule has 68 valence electrons. The van der Waals surface area contributed by atoms with Crippen LogP contribution in [0.5, 0.6) is 0 Å². The molecule has 0 radical (unpaired) electrons. The van der Waals surface area contributed by atoms with Gasteiger partial charge in [0.25, 0.3) is 0 Å². The van der Waals surface area contributed by atoms with Gasteiger partial charge in [-0.3, -0.25) is 0 Å². The summed E-state index contributed by atoms with van der Waals surface area (Å²) in [4.78, 5) is 4.27. The highest BCUT2D eigenvalue weighted by atomic mass is 79.9. The van der Waals surface area contributed by atoms with Crippen LogP contribution in [0.25, 0.3) is 0 Å². The lowest BCUT2D eigenvalue weighted by atomic mass is 10.2. The van der Waals surface area contributed by atoms with Crippen LogP contribution in [0.2, 0.25) is 0 Å². The molecule has 0 fully saturated rings. The molecule has 0 spiro atoms. The van der Waals surface area contributed by atoms with E-state index in [2.05, 4.69) is 45.5 Å². The van der Waals surface area contributed by atoms with Gasteiger partial charge in [0.1, 0.15) is 5.82 Å². The second-order valence-electron chi connectivity index (χ2n) is 3.11. The summed E-state index contributed by atoms with van der Waals surface area (Å²) in [7, 11) is 0. The Bertz CT molecular complexity index is 232. The van der Waals surface area contributed by atoms with Crippen LogP contribution < -0.4 is 0 Å². The first kappa shape index (κ1) is 9.78. The van der Waals surface area contributed by atoms with E-state index in [1.807, 2.05) is 6.20 Å². The summed E-state index contributed by atoms with van der Waals surface area (Å²) in [5.41, 5.74) is 0. The first-order chi connectivity index (χ1) is 5.77. The molecule has 0 aliphatic carbocycles. The SMILES string of the molecule is CCc1nccn1CC(C)CBr. The van der Waals surface area contributed by atoms with Gasteiger partial charge in [-0.15, -0.1) is 0 Å². The van der Waals surface area contributed by atoms with E-state index in [1.165, 1.54) is 5.82 Å². The van der Waals surface area contributed by atoms with E-state index in [1.54, 1.807) is 0 Å². The van der Waals surface area contributed by atoms with Gasteiger partial charge in [-0.1, -0.05) is 29.8 Å². The van der Waals surface area contributed by atoms with E-state index < -0.39 is 0 Å². The topological polar surface area (TPSA) is 17.8 Å². The highest BCUT2D eigenvalue weighted by molar-refractivity contribution is 9.09. The third-order valence-electron chi connectivity index (χ3n) is 1.89. The van der Waals surface area contributed by atoms with Gasteiger partial charge in [0.05, 0.1) is 0 Å². The van der Waals surface area contributed by atoms with Crippen molar-refractivity contribution in [3.05, 3.63) is 18.2 Å². The highest BCUT2D eigenvalue weighted by Crippen LogP contribution is 2.06. The molecule has 0 N–H and O–H groups in total. The summed E-state index contributed by atoms with van der Waals surface area (Å²) in [5.74, 6) is 1.85. The molecule has 1 atom stereocenters. The minimum absolute atomic E-state index is 0.671. The normalized spacial score (nSPS) is 13.2. The first-order valence-corrected chi connectivity index (χ1v) is 5.46. The van der Waals surface area contributed by atoms with E-state index in [4.69, 9.17) is 0 Å². The molecule has 3 heteroatoms. The van der Waals surface area contributed by atoms with Gasteiger partial charge < -0.3 is 4.57 Å². The van der Waals surface area contributed by atoms with Crippen LogP contribution in [-0.4, -0.2) is 14.9 Å². The molecule has 0 aliphatic rings. The number of alkyl halides is 1. The molecule has 0 aromatic carbocycles. The molecule has 1 aromatic rings. The molecule has 0 saturated heterocycles. The van der Waals surface area contributed by atoms with E-state index in [-0.39, 0.29) is 0 Å². The molecular weight excluding hydrogens is 216 g/mol. The Kier molecular flexibility index (Phi) is 3.79. The monoisotopic (exact) mass is 230 g/mol. The van der Waals surface area contributed by atoms with Crippen molar-refractivity contribution in [2.24, 2.45) is 5.92 Å². The zero-order valence-corrected chi connectivity index (χ0v) is 9.21. The van der Waals surface area contributed by atoms with E-state index >= 15 is 0 Å². The molecule has 1 unspecified atom stereocenters. The molecule has 2 nitrogen and oxygen atoms in total. The predicted octanol–water partition coefficient (Wildman–Crippen LogP) is 2.48. The zero-order chi connectivity index (χ0) is 8.97. The Balaban J connectivity index is 2.61. The average molecular weight is 231 g/mol. The fourth-order valence-electron chi connectivity index (χ4n) is 1.21. The van der Waals surface area contributed by atoms with Crippen LogP contribution in [0.15, 0.2) is 12.4 Å². The lowest BCUT2D eigenvalue weighted by Crippen LogP contribution is -2.10. The maximum absolute atomic E-state index is 4.27. The Morgan fingerprint density at radius 1 is 1.67 bits per heavy atom. The maximum Gasteiger partial charge on any atom is 0.108 e. The number of aromatic nitrogens is 2. The van der Waals surface area contributed by atoms with Gasteiger partial charge in [0.15, 0.2) is 0 Å². The molecule has 1 rings (SSSR count). The second kappa shape index (κ2) is 4.65. The summed E-state index contributed by atoms with van der Waals surface area (Å²) in [5, 5.41) is 1.05. The van der Waals surface area contributed by atoms with Crippen LogP contribution in [-0.2, 0) is 13.0 Å². The molecule has 0 amide bonds. The second-order valence-corrected chi connectivity index (χ2v) is 3.76. The van der Waals surface area contributed by atoms with Crippen LogP contribution >= 0.6 is 15.9 Å². The summed E-state index contributed by atoms with van der Waals surface area (Å²) in [6, 6.07) is 0. The number of hydrogen-bond donors (Lipinski definition) is 0. The van der Waals surface area contributed by atoms with Crippen molar-refractivity contribution in [1.82, 2.24) is 9.55 Å². The summed E-state index contributed by atoms with van der Waals surface area (Å²) in [6.07, 6.45) is 4.94. The lowest BCUT2D eigenvalue weighted by Gasteiger charge is -2.10. The van der Waals surface area contributed by atoms with Gasteiger partial charge in [0.2, 0.25) is 0 Å². The summed E-state index contributed by atoms with van der Waals surface area (Å²) in [6.45, 7) is 5.43. The van der Waals surface area contributed by atoms with E-state index in [9.17, 15) is 0 Å². The number of nitrogens with zero attached hydrogens (tertiary/aromatic N) is 2. The fourth-order valence-corrected chi connectivity index (χ4v) is 1.41. The first-order valence-electron chi connectivity index (χ1n) is 4.33. The van der Waals surface area contributed by atoms with E-state index in [0.29, 0.717) is 5.92 Å². The van der Waals surface area contributed by atoms with Crippen molar-refractivity contribution in [1.29, 1.82) is 0 Å². The Morgan fingerprint density at radius 2 is 2.42 bits per heavy atom. The molecule has 0 saturated carbocycles. The predicted molar refractivity (Wildman–Crippen MR) is 54.6 cm³/mol. The van der Waals surface area contributed by atoms with Crippen LogP contribution in [0.4, 0.5) is 0 Å².